The van der Waals surface area contributed by atoms with E-state index in [1.807, 2.05) is 32.2 Å². The molecule has 0 saturated carbocycles. The van der Waals surface area contributed by atoms with Crippen molar-refractivity contribution in [2.24, 2.45) is 5.92 Å². The molecule has 0 aliphatic carbocycles. The van der Waals surface area contributed by atoms with E-state index in [1.165, 1.54) is 4.90 Å². The standard InChI is InChI=1S/C17H25N5O/c1-14(2)17(3,13-18)20-16(23)12-21-8-10-22(11-9-21)15-6-4-5-7-19-15/h4-7,14H,8-12H2,1-3H3,(H,20,23)/p+2/t17-/m1/s1. The van der Waals surface area contributed by atoms with Crippen molar-refractivity contribution in [3.05, 3.63) is 24.4 Å². The Morgan fingerprint density at radius 1 is 1.48 bits per heavy atom. The number of hydrogen-bond donors (Lipinski definition) is 2. The summed E-state index contributed by atoms with van der Waals surface area (Å²) in [7, 11) is 0. The minimum atomic E-state index is -0.794. The number of aromatic nitrogens is 1. The highest BCUT2D eigenvalue weighted by molar-refractivity contribution is 5.78. The van der Waals surface area contributed by atoms with Gasteiger partial charge in [-0.2, -0.15) is 5.26 Å². The Balaban J connectivity index is 1.82. The molecule has 0 radical (unpaired) electrons. The number of nitriles is 1. The first-order chi connectivity index (χ1) is 10.9. The first-order valence-electron chi connectivity index (χ1n) is 8.22. The molecular weight excluding hydrogens is 290 g/mol. The van der Waals surface area contributed by atoms with E-state index in [0.29, 0.717) is 6.54 Å². The van der Waals surface area contributed by atoms with Gasteiger partial charge in [-0.1, -0.05) is 19.9 Å². The third-order valence-corrected chi connectivity index (χ3v) is 4.70. The normalized spacial score (nSPS) is 18.3. The molecular formula is C17H27N5O+2. The lowest BCUT2D eigenvalue weighted by Gasteiger charge is -2.30. The number of carbonyl (C=O) groups excluding carboxylic acids is 1. The van der Waals surface area contributed by atoms with E-state index in [2.05, 4.69) is 27.3 Å². The molecule has 2 heterocycles. The maximum Gasteiger partial charge on any atom is 0.276 e. The summed E-state index contributed by atoms with van der Waals surface area (Å²) in [6, 6.07) is 8.28. The van der Waals surface area contributed by atoms with Crippen LogP contribution in [0.5, 0.6) is 0 Å². The zero-order valence-electron chi connectivity index (χ0n) is 14.2. The number of H-pyrrole nitrogens is 1. The Labute approximate surface area is 138 Å². The summed E-state index contributed by atoms with van der Waals surface area (Å²) in [5, 5.41) is 12.2. The maximum absolute atomic E-state index is 12.2. The van der Waals surface area contributed by atoms with Gasteiger partial charge in [-0.05, 0) is 18.9 Å². The zero-order chi connectivity index (χ0) is 16.9. The Morgan fingerprint density at radius 2 is 2.17 bits per heavy atom. The molecule has 23 heavy (non-hydrogen) atoms. The summed E-state index contributed by atoms with van der Waals surface area (Å²) in [4.78, 5) is 19.0. The van der Waals surface area contributed by atoms with E-state index < -0.39 is 5.54 Å². The van der Waals surface area contributed by atoms with E-state index in [0.717, 1.165) is 32.0 Å². The lowest BCUT2D eigenvalue weighted by molar-refractivity contribution is -0.892. The van der Waals surface area contributed by atoms with Crippen LogP contribution in [0.2, 0.25) is 0 Å². The first kappa shape index (κ1) is 17.2. The van der Waals surface area contributed by atoms with Crippen LogP contribution in [0.3, 0.4) is 0 Å². The van der Waals surface area contributed by atoms with Crippen LogP contribution in [-0.2, 0) is 4.79 Å². The van der Waals surface area contributed by atoms with Crippen molar-refractivity contribution >= 4 is 11.7 Å². The fourth-order valence-electron chi connectivity index (χ4n) is 2.68. The Bertz CT molecular complexity index is 560. The zero-order valence-corrected chi connectivity index (χ0v) is 14.2. The number of quaternary nitrogens is 1. The molecule has 1 aromatic rings. The Hall–Kier alpha value is -2.13. The van der Waals surface area contributed by atoms with Crippen LogP contribution in [-0.4, -0.2) is 44.2 Å². The van der Waals surface area contributed by atoms with Crippen LogP contribution < -0.4 is 20.1 Å². The molecule has 1 aromatic heterocycles. The lowest BCUT2D eigenvalue weighted by atomic mass is 9.90. The number of nitrogens with one attached hydrogen (secondary N) is 3. The molecule has 1 aliphatic heterocycles. The third-order valence-electron chi connectivity index (χ3n) is 4.70. The van der Waals surface area contributed by atoms with E-state index in [9.17, 15) is 10.1 Å². The number of anilines is 1. The van der Waals surface area contributed by atoms with Gasteiger partial charge in [0.1, 0.15) is 31.7 Å². The molecule has 0 unspecified atom stereocenters. The highest BCUT2D eigenvalue weighted by Crippen LogP contribution is 2.14. The molecule has 6 nitrogen and oxygen atoms in total. The number of piperazine rings is 1. The topological polar surface area (TPSA) is 74.7 Å². The quantitative estimate of drug-likeness (QED) is 0.751. The molecule has 1 atom stereocenters. The molecule has 0 aromatic carbocycles. The molecule has 124 valence electrons. The molecule has 6 heteroatoms. The number of amides is 1. The molecule has 0 spiro atoms. The van der Waals surface area contributed by atoms with Crippen molar-refractivity contribution in [3.63, 3.8) is 0 Å². The number of rotatable bonds is 5. The summed E-state index contributed by atoms with van der Waals surface area (Å²) in [5.74, 6) is 1.15. The fraction of sp³-hybridized carbons (Fsp3) is 0.588. The minimum absolute atomic E-state index is 0.0440. The molecule has 2 rings (SSSR count). The number of nitrogens with zero attached hydrogens (tertiary/aromatic N) is 2. The van der Waals surface area contributed by atoms with Gasteiger partial charge in [-0.15, -0.1) is 0 Å². The van der Waals surface area contributed by atoms with Gasteiger partial charge in [-0.25, -0.2) is 4.98 Å². The van der Waals surface area contributed by atoms with Gasteiger partial charge < -0.3 is 10.2 Å². The van der Waals surface area contributed by atoms with Gasteiger partial charge in [0, 0.05) is 6.07 Å². The van der Waals surface area contributed by atoms with E-state index >= 15 is 0 Å². The van der Waals surface area contributed by atoms with Crippen molar-refractivity contribution in [3.8, 4) is 6.07 Å². The minimum Gasteiger partial charge on any atom is -0.333 e. The summed E-state index contributed by atoms with van der Waals surface area (Å²) < 4.78 is 0. The average molecular weight is 317 g/mol. The number of carbonyl (C=O) groups is 1. The van der Waals surface area contributed by atoms with Crippen molar-refractivity contribution in [1.82, 2.24) is 5.32 Å². The van der Waals surface area contributed by atoms with Crippen LogP contribution >= 0.6 is 0 Å². The number of pyridine rings is 1. The second-order valence-corrected chi connectivity index (χ2v) is 6.68. The van der Waals surface area contributed by atoms with Gasteiger partial charge in [0.15, 0.2) is 6.54 Å². The smallest absolute Gasteiger partial charge is 0.276 e. The van der Waals surface area contributed by atoms with Gasteiger partial charge >= 0.3 is 0 Å². The predicted octanol–water partition coefficient (Wildman–Crippen LogP) is -0.740. The number of hydrogen-bond acceptors (Lipinski definition) is 3. The second-order valence-electron chi connectivity index (χ2n) is 6.68. The highest BCUT2D eigenvalue weighted by Gasteiger charge is 2.32. The third kappa shape index (κ3) is 4.42. The van der Waals surface area contributed by atoms with E-state index in [1.54, 1.807) is 6.92 Å². The second kappa shape index (κ2) is 7.42. The molecule has 1 fully saturated rings. The van der Waals surface area contributed by atoms with Gasteiger partial charge in [0.2, 0.25) is 0 Å². The summed E-state index contributed by atoms with van der Waals surface area (Å²) in [6.45, 7) is 9.79. The average Bonchev–Trinajstić information content (AvgIpc) is 2.56. The Kier molecular flexibility index (Phi) is 5.56. The predicted molar refractivity (Wildman–Crippen MR) is 87.8 cm³/mol. The molecule has 1 aliphatic rings. The van der Waals surface area contributed by atoms with Crippen molar-refractivity contribution < 1.29 is 14.7 Å². The summed E-state index contributed by atoms with van der Waals surface area (Å²) in [5.41, 5.74) is -0.794. The largest absolute Gasteiger partial charge is 0.333 e. The number of aromatic amines is 1. The van der Waals surface area contributed by atoms with E-state index in [4.69, 9.17) is 0 Å². The molecule has 1 amide bonds. The lowest BCUT2D eigenvalue weighted by Crippen LogP contribution is -3.16. The van der Waals surface area contributed by atoms with Crippen LogP contribution in [0, 0.1) is 17.2 Å². The van der Waals surface area contributed by atoms with Crippen molar-refractivity contribution in [2.45, 2.75) is 26.3 Å². The van der Waals surface area contributed by atoms with Gasteiger partial charge in [-0.3, -0.25) is 9.69 Å². The van der Waals surface area contributed by atoms with Crippen LogP contribution in [0.25, 0.3) is 0 Å². The van der Waals surface area contributed by atoms with Crippen molar-refractivity contribution in [2.75, 3.05) is 37.6 Å². The van der Waals surface area contributed by atoms with Crippen molar-refractivity contribution in [1.29, 1.82) is 5.26 Å². The highest BCUT2D eigenvalue weighted by atomic mass is 16.2. The SMILES string of the molecule is CC(C)[C@@](C)(C#N)NC(=O)C[NH+]1CCN(c2cccc[nH+]2)CC1. The Morgan fingerprint density at radius 3 is 2.70 bits per heavy atom. The van der Waals surface area contributed by atoms with Crippen LogP contribution in [0.4, 0.5) is 5.82 Å². The summed E-state index contributed by atoms with van der Waals surface area (Å²) >= 11 is 0. The van der Waals surface area contributed by atoms with Gasteiger partial charge in [0.25, 0.3) is 11.7 Å². The van der Waals surface area contributed by atoms with Gasteiger partial charge in [0.05, 0.1) is 12.3 Å². The monoisotopic (exact) mass is 317 g/mol. The molecule has 3 N–H and O–H groups in total. The fourth-order valence-corrected chi connectivity index (χ4v) is 2.68. The van der Waals surface area contributed by atoms with E-state index in [-0.39, 0.29) is 11.8 Å². The first-order valence-corrected chi connectivity index (χ1v) is 8.22. The molecule has 0 bridgehead atoms. The van der Waals surface area contributed by atoms with Crippen LogP contribution in [0.15, 0.2) is 24.4 Å². The van der Waals surface area contributed by atoms with Crippen LogP contribution in [0.1, 0.15) is 20.8 Å². The maximum atomic E-state index is 12.2. The summed E-state index contributed by atoms with van der Waals surface area (Å²) in [6.07, 6.45) is 1.93. The molecule has 1 saturated heterocycles.